The molecule has 1 aromatic carbocycles. The fraction of sp³-hybridized carbons (Fsp3) is 0.588. The summed E-state index contributed by atoms with van der Waals surface area (Å²) in [6, 6.07) is 4.95. The smallest absolute Gasteiger partial charge is 0.243 e. The number of rotatable bonds is 4. The lowest BCUT2D eigenvalue weighted by Gasteiger charge is -2.33. The second-order valence-corrected chi connectivity index (χ2v) is 8.42. The van der Waals surface area contributed by atoms with Gasteiger partial charge in [0.1, 0.15) is 0 Å². The number of hydrogen-bond acceptors (Lipinski definition) is 5. The maximum absolute atomic E-state index is 13.0. The standard InChI is InChI=1S/C17H24N2O5S/c1-12-3-4-15(18-13(2)20)11-16(12)25(21,22)19-7-5-14(6-8-19)17-23-9-10-24-17/h3-4,11,14,17H,5-10H2,1-2H3,(H,18,20). The van der Waals surface area contributed by atoms with Crippen molar-refractivity contribution in [1.29, 1.82) is 0 Å². The van der Waals surface area contributed by atoms with Crippen molar-refractivity contribution in [3.05, 3.63) is 23.8 Å². The fourth-order valence-corrected chi connectivity index (χ4v) is 5.06. The van der Waals surface area contributed by atoms with Crippen LogP contribution in [0.5, 0.6) is 0 Å². The number of sulfonamides is 1. The Kier molecular flexibility index (Phi) is 5.43. The minimum Gasteiger partial charge on any atom is -0.350 e. The average Bonchev–Trinajstić information content (AvgIpc) is 3.11. The van der Waals surface area contributed by atoms with Gasteiger partial charge in [-0.15, -0.1) is 0 Å². The van der Waals surface area contributed by atoms with Crippen LogP contribution in [0.1, 0.15) is 25.3 Å². The molecule has 0 bridgehead atoms. The minimum absolute atomic E-state index is 0.199. The average molecular weight is 368 g/mol. The van der Waals surface area contributed by atoms with E-state index < -0.39 is 10.0 Å². The van der Waals surface area contributed by atoms with Gasteiger partial charge in [0.25, 0.3) is 0 Å². The second kappa shape index (κ2) is 7.41. The first-order valence-electron chi connectivity index (χ1n) is 8.49. The number of hydrogen-bond donors (Lipinski definition) is 1. The Hall–Kier alpha value is -1.48. The third-order valence-electron chi connectivity index (χ3n) is 4.66. The predicted octanol–water partition coefficient (Wildman–Crippen LogP) is 1.73. The number of amides is 1. The molecule has 0 saturated carbocycles. The topological polar surface area (TPSA) is 84.9 Å². The summed E-state index contributed by atoms with van der Waals surface area (Å²) in [5.41, 5.74) is 1.15. The molecule has 25 heavy (non-hydrogen) atoms. The van der Waals surface area contributed by atoms with Crippen molar-refractivity contribution in [3.8, 4) is 0 Å². The molecule has 2 heterocycles. The highest BCUT2D eigenvalue weighted by Gasteiger charge is 2.35. The minimum atomic E-state index is -3.60. The lowest BCUT2D eigenvalue weighted by Crippen LogP contribution is -2.41. The van der Waals surface area contributed by atoms with Crippen LogP contribution >= 0.6 is 0 Å². The number of piperidine rings is 1. The predicted molar refractivity (Wildman–Crippen MR) is 92.7 cm³/mol. The van der Waals surface area contributed by atoms with Crippen molar-refractivity contribution in [3.63, 3.8) is 0 Å². The molecule has 0 atom stereocenters. The van der Waals surface area contributed by atoms with Crippen LogP contribution < -0.4 is 5.32 Å². The van der Waals surface area contributed by atoms with Crippen molar-refractivity contribution >= 4 is 21.6 Å². The van der Waals surface area contributed by atoms with Crippen LogP contribution in [0.2, 0.25) is 0 Å². The summed E-state index contributed by atoms with van der Waals surface area (Å²) in [6.45, 7) is 5.26. The molecule has 0 aromatic heterocycles. The molecule has 1 aromatic rings. The SMILES string of the molecule is CC(=O)Nc1ccc(C)c(S(=O)(=O)N2CCC(C3OCCO3)CC2)c1. The third kappa shape index (κ3) is 4.03. The first kappa shape index (κ1) is 18.3. The van der Waals surface area contributed by atoms with E-state index in [-0.39, 0.29) is 23.0 Å². The van der Waals surface area contributed by atoms with E-state index in [1.807, 2.05) is 0 Å². The summed E-state index contributed by atoms with van der Waals surface area (Å²) in [4.78, 5) is 11.5. The van der Waals surface area contributed by atoms with Crippen molar-refractivity contribution in [2.45, 2.75) is 37.9 Å². The zero-order valence-electron chi connectivity index (χ0n) is 14.5. The lowest BCUT2D eigenvalue weighted by molar-refractivity contribution is -0.114. The molecule has 2 saturated heterocycles. The molecule has 2 fully saturated rings. The molecule has 0 spiro atoms. The summed E-state index contributed by atoms with van der Waals surface area (Å²) in [6.07, 6.45) is 1.23. The van der Waals surface area contributed by atoms with Gasteiger partial charge in [0.2, 0.25) is 15.9 Å². The molecule has 7 nitrogen and oxygen atoms in total. The number of carbonyl (C=O) groups is 1. The Morgan fingerprint density at radius 2 is 1.84 bits per heavy atom. The van der Waals surface area contributed by atoms with Crippen molar-refractivity contribution < 1.29 is 22.7 Å². The van der Waals surface area contributed by atoms with E-state index in [4.69, 9.17) is 9.47 Å². The number of anilines is 1. The van der Waals surface area contributed by atoms with Crippen molar-refractivity contribution in [2.24, 2.45) is 5.92 Å². The van der Waals surface area contributed by atoms with Gasteiger partial charge < -0.3 is 14.8 Å². The molecule has 0 unspecified atom stereocenters. The third-order valence-corrected chi connectivity index (χ3v) is 6.70. The van der Waals surface area contributed by atoms with Crippen molar-refractivity contribution in [1.82, 2.24) is 4.31 Å². The quantitative estimate of drug-likeness (QED) is 0.875. The number of nitrogens with one attached hydrogen (secondary N) is 1. The molecular formula is C17H24N2O5S. The van der Waals surface area contributed by atoms with Crippen LogP contribution in [-0.2, 0) is 24.3 Å². The molecule has 2 aliphatic rings. The van der Waals surface area contributed by atoms with Gasteiger partial charge in [-0.3, -0.25) is 4.79 Å². The Bertz CT molecular complexity index is 735. The van der Waals surface area contributed by atoms with Gasteiger partial charge in [0.05, 0.1) is 18.1 Å². The van der Waals surface area contributed by atoms with Gasteiger partial charge in [0, 0.05) is 31.6 Å². The van der Waals surface area contributed by atoms with Crippen LogP contribution in [-0.4, -0.2) is 51.2 Å². The maximum Gasteiger partial charge on any atom is 0.243 e. The summed E-state index contributed by atoms with van der Waals surface area (Å²) in [5.74, 6) is 0.00494. The van der Waals surface area contributed by atoms with E-state index in [1.165, 1.54) is 17.3 Å². The van der Waals surface area contributed by atoms with Crippen LogP contribution in [0.3, 0.4) is 0 Å². The largest absolute Gasteiger partial charge is 0.350 e. The fourth-order valence-electron chi connectivity index (χ4n) is 3.34. The van der Waals surface area contributed by atoms with E-state index in [0.29, 0.717) is 50.4 Å². The summed E-state index contributed by atoms with van der Waals surface area (Å²) in [7, 11) is -3.60. The van der Waals surface area contributed by atoms with Crippen LogP contribution in [0.4, 0.5) is 5.69 Å². The van der Waals surface area contributed by atoms with Gasteiger partial charge in [-0.25, -0.2) is 8.42 Å². The molecule has 2 aliphatic heterocycles. The molecular weight excluding hydrogens is 344 g/mol. The van der Waals surface area contributed by atoms with Crippen molar-refractivity contribution in [2.75, 3.05) is 31.6 Å². The van der Waals surface area contributed by atoms with E-state index in [9.17, 15) is 13.2 Å². The normalized spacial score (nSPS) is 20.7. The number of ether oxygens (including phenoxy) is 2. The summed E-state index contributed by atoms with van der Waals surface area (Å²) < 4.78 is 38.6. The highest BCUT2D eigenvalue weighted by molar-refractivity contribution is 7.89. The Morgan fingerprint density at radius 3 is 2.44 bits per heavy atom. The number of benzene rings is 1. The molecule has 1 amide bonds. The molecule has 0 radical (unpaired) electrons. The van der Waals surface area contributed by atoms with E-state index >= 15 is 0 Å². The van der Waals surface area contributed by atoms with Crippen LogP contribution in [0, 0.1) is 12.8 Å². The Balaban J connectivity index is 1.74. The first-order chi connectivity index (χ1) is 11.9. The maximum atomic E-state index is 13.0. The van der Waals surface area contributed by atoms with Crippen LogP contribution in [0.25, 0.3) is 0 Å². The highest BCUT2D eigenvalue weighted by Crippen LogP contribution is 2.30. The Morgan fingerprint density at radius 1 is 1.20 bits per heavy atom. The lowest BCUT2D eigenvalue weighted by atomic mass is 9.98. The number of aryl methyl sites for hydroxylation is 1. The monoisotopic (exact) mass is 368 g/mol. The second-order valence-electron chi connectivity index (χ2n) is 6.51. The number of carbonyl (C=O) groups excluding carboxylic acids is 1. The summed E-state index contributed by atoms with van der Waals surface area (Å²) in [5, 5.41) is 2.64. The summed E-state index contributed by atoms with van der Waals surface area (Å²) >= 11 is 0. The van der Waals surface area contributed by atoms with Gasteiger partial charge in [0.15, 0.2) is 6.29 Å². The molecule has 138 valence electrons. The van der Waals surface area contributed by atoms with E-state index in [0.717, 1.165) is 0 Å². The molecule has 8 heteroatoms. The molecule has 3 rings (SSSR count). The zero-order valence-corrected chi connectivity index (χ0v) is 15.3. The molecule has 1 N–H and O–H groups in total. The molecule has 0 aliphatic carbocycles. The first-order valence-corrected chi connectivity index (χ1v) is 9.93. The van der Waals surface area contributed by atoms with E-state index in [2.05, 4.69) is 5.32 Å². The van der Waals surface area contributed by atoms with Gasteiger partial charge in [-0.1, -0.05) is 6.07 Å². The Labute approximate surface area is 148 Å². The highest BCUT2D eigenvalue weighted by atomic mass is 32.2. The van der Waals surface area contributed by atoms with Crippen LogP contribution in [0.15, 0.2) is 23.1 Å². The van der Waals surface area contributed by atoms with E-state index in [1.54, 1.807) is 19.1 Å². The van der Waals surface area contributed by atoms with Gasteiger partial charge in [-0.05, 0) is 37.5 Å². The number of nitrogens with zero attached hydrogens (tertiary/aromatic N) is 1. The zero-order chi connectivity index (χ0) is 18.0. The van der Waals surface area contributed by atoms with Gasteiger partial charge in [-0.2, -0.15) is 4.31 Å². The van der Waals surface area contributed by atoms with Gasteiger partial charge >= 0.3 is 0 Å².